The van der Waals surface area contributed by atoms with Gasteiger partial charge in [-0.1, -0.05) is 6.92 Å². The Morgan fingerprint density at radius 1 is 1.86 bits per heavy atom. The van der Waals surface area contributed by atoms with Gasteiger partial charge in [-0.15, -0.1) is 0 Å². The van der Waals surface area contributed by atoms with E-state index in [-0.39, 0.29) is 6.04 Å². The normalized spacial score (nSPS) is 22.0. The van der Waals surface area contributed by atoms with Crippen LogP contribution in [0.5, 0.6) is 0 Å². The second-order valence-electron chi connectivity index (χ2n) is 3.43. The first kappa shape index (κ1) is 10.1. The van der Waals surface area contributed by atoms with Gasteiger partial charge in [-0.2, -0.15) is 0 Å². The van der Waals surface area contributed by atoms with Gasteiger partial charge in [0.25, 0.3) is 0 Å². The van der Waals surface area contributed by atoms with E-state index in [0.717, 1.165) is 24.4 Å². The molecule has 1 aromatic heterocycles. The van der Waals surface area contributed by atoms with Crippen LogP contribution in [0.2, 0.25) is 0 Å². The van der Waals surface area contributed by atoms with Crippen LogP contribution in [-0.4, -0.2) is 24.9 Å². The highest BCUT2D eigenvalue weighted by Crippen LogP contribution is 2.24. The number of H-pyrrole nitrogens is 1. The lowest BCUT2D eigenvalue weighted by atomic mass is 10.0. The molecule has 0 bridgehead atoms. The van der Waals surface area contributed by atoms with Crippen LogP contribution in [0.25, 0.3) is 0 Å². The zero-order valence-corrected chi connectivity index (χ0v) is 10.1. The Labute approximate surface area is 96.6 Å². The summed E-state index contributed by atoms with van der Waals surface area (Å²) in [5.41, 5.74) is 2.18. The molecule has 0 amide bonds. The summed E-state index contributed by atoms with van der Waals surface area (Å²) in [6.45, 7) is 2.69. The Morgan fingerprint density at radius 3 is 3.36 bits per heavy atom. The smallest absolute Gasteiger partial charge is 0.150 e. The summed E-state index contributed by atoms with van der Waals surface area (Å²) in [5.74, 6) is 0.299. The number of fused-ring (bicyclic) bond motifs is 1. The zero-order valence-electron chi connectivity index (χ0n) is 7.96. The summed E-state index contributed by atoms with van der Waals surface area (Å²) in [5, 5.41) is 0. The Morgan fingerprint density at radius 2 is 2.64 bits per heavy atom. The van der Waals surface area contributed by atoms with Crippen molar-refractivity contribution in [3.05, 3.63) is 17.7 Å². The number of carbonyl (C=O) groups is 1. The maximum Gasteiger partial charge on any atom is 0.150 e. The fraction of sp³-hybridized carbons (Fsp3) is 0.556. The fourth-order valence-corrected chi connectivity index (χ4v) is 2.56. The molecule has 0 saturated heterocycles. The van der Waals surface area contributed by atoms with Crippen molar-refractivity contribution in [3.63, 3.8) is 0 Å². The molecule has 1 aromatic rings. The van der Waals surface area contributed by atoms with Crippen LogP contribution in [0.4, 0.5) is 0 Å². The minimum atomic E-state index is 0.0106. The Balaban J connectivity index is 2.21. The second-order valence-corrected chi connectivity index (χ2v) is 4.66. The largest absolute Gasteiger partial charge is 0.347 e. The number of aromatic amines is 1. The summed E-state index contributed by atoms with van der Waals surface area (Å²) in [6, 6.07) is 0.0106. The quantitative estimate of drug-likeness (QED) is 0.665. The molecule has 5 heteroatoms. The number of ketones is 1. The van der Waals surface area contributed by atoms with Gasteiger partial charge < -0.3 is 4.98 Å². The molecule has 2 rings (SSSR count). The molecular formula is C9H12IN3O. The molecule has 2 heterocycles. The predicted octanol–water partition coefficient (Wildman–Crippen LogP) is 1.47. The van der Waals surface area contributed by atoms with Crippen molar-refractivity contribution in [2.24, 2.45) is 0 Å². The number of carbonyl (C=O) groups excluding carboxylic acids is 1. The van der Waals surface area contributed by atoms with Crippen molar-refractivity contribution >= 4 is 28.6 Å². The van der Waals surface area contributed by atoms with Crippen LogP contribution in [0.3, 0.4) is 0 Å². The highest BCUT2D eigenvalue weighted by atomic mass is 127. The molecule has 1 aliphatic rings. The van der Waals surface area contributed by atoms with E-state index in [0.29, 0.717) is 12.2 Å². The van der Waals surface area contributed by atoms with E-state index >= 15 is 0 Å². The molecule has 0 fully saturated rings. The van der Waals surface area contributed by atoms with Crippen LogP contribution in [0.15, 0.2) is 6.33 Å². The van der Waals surface area contributed by atoms with Gasteiger partial charge in [0.1, 0.15) is 0 Å². The molecule has 0 spiro atoms. The van der Waals surface area contributed by atoms with Gasteiger partial charge in [0.05, 0.1) is 30.3 Å². The third-order valence-electron chi connectivity index (χ3n) is 2.56. The number of Topliss-reactive ketones (excluding diaryl/α,β-unsaturated/α-hetero) is 1. The van der Waals surface area contributed by atoms with Gasteiger partial charge in [0.2, 0.25) is 0 Å². The summed E-state index contributed by atoms with van der Waals surface area (Å²) in [6.07, 6.45) is 3.05. The van der Waals surface area contributed by atoms with Crippen LogP contribution < -0.4 is 0 Å². The summed E-state index contributed by atoms with van der Waals surface area (Å²) in [7, 11) is 0. The monoisotopic (exact) mass is 305 g/mol. The number of nitrogens with zero attached hydrogens (tertiary/aromatic N) is 2. The maximum absolute atomic E-state index is 11.6. The molecule has 1 aliphatic heterocycles. The molecule has 76 valence electrons. The summed E-state index contributed by atoms with van der Waals surface area (Å²) < 4.78 is 2.06. The van der Waals surface area contributed by atoms with E-state index < -0.39 is 0 Å². The number of hydrogen-bond donors (Lipinski definition) is 1. The number of nitrogens with one attached hydrogen (secondary N) is 1. The molecule has 14 heavy (non-hydrogen) atoms. The van der Waals surface area contributed by atoms with Gasteiger partial charge in [0.15, 0.2) is 5.78 Å². The SMILES string of the molecule is CCC(=O)[C@@H]1Cc2nc[nH]c2CN1I. The molecule has 4 nitrogen and oxygen atoms in total. The lowest BCUT2D eigenvalue weighted by molar-refractivity contribution is -0.122. The van der Waals surface area contributed by atoms with E-state index in [1.807, 2.05) is 6.92 Å². The second kappa shape index (κ2) is 3.98. The van der Waals surface area contributed by atoms with Crippen molar-refractivity contribution in [1.82, 2.24) is 13.1 Å². The summed E-state index contributed by atoms with van der Waals surface area (Å²) in [4.78, 5) is 18.9. The minimum Gasteiger partial charge on any atom is -0.347 e. The van der Waals surface area contributed by atoms with Crippen LogP contribution in [0.1, 0.15) is 24.7 Å². The van der Waals surface area contributed by atoms with Crippen LogP contribution in [0, 0.1) is 0 Å². The van der Waals surface area contributed by atoms with E-state index in [1.54, 1.807) is 6.33 Å². The van der Waals surface area contributed by atoms with E-state index in [9.17, 15) is 4.79 Å². The number of rotatable bonds is 2. The maximum atomic E-state index is 11.6. The van der Waals surface area contributed by atoms with Gasteiger partial charge in [-0.25, -0.2) is 8.10 Å². The Kier molecular flexibility index (Phi) is 2.87. The van der Waals surface area contributed by atoms with Crippen molar-refractivity contribution in [2.75, 3.05) is 0 Å². The third kappa shape index (κ3) is 1.70. The van der Waals surface area contributed by atoms with Crippen molar-refractivity contribution in [3.8, 4) is 0 Å². The Bertz CT molecular complexity index is 350. The Hall–Kier alpha value is -0.430. The highest BCUT2D eigenvalue weighted by molar-refractivity contribution is 14.1. The average Bonchev–Trinajstić information content (AvgIpc) is 2.62. The molecule has 0 aliphatic carbocycles. The topological polar surface area (TPSA) is 49.0 Å². The first-order valence-electron chi connectivity index (χ1n) is 4.68. The lowest BCUT2D eigenvalue weighted by Crippen LogP contribution is -2.39. The van der Waals surface area contributed by atoms with Gasteiger partial charge in [-0.05, 0) is 0 Å². The molecular weight excluding hydrogens is 293 g/mol. The van der Waals surface area contributed by atoms with Crippen molar-refractivity contribution < 1.29 is 4.79 Å². The molecule has 1 N–H and O–H groups in total. The number of hydrogen-bond acceptors (Lipinski definition) is 3. The number of halogens is 1. The molecule has 0 unspecified atom stereocenters. The predicted molar refractivity (Wildman–Crippen MR) is 60.9 cm³/mol. The van der Waals surface area contributed by atoms with Crippen LogP contribution >= 0.6 is 22.9 Å². The van der Waals surface area contributed by atoms with Gasteiger partial charge in [0, 0.05) is 35.7 Å². The van der Waals surface area contributed by atoms with E-state index in [1.165, 1.54) is 0 Å². The number of aromatic nitrogens is 2. The van der Waals surface area contributed by atoms with Gasteiger partial charge >= 0.3 is 0 Å². The van der Waals surface area contributed by atoms with Crippen molar-refractivity contribution in [1.29, 1.82) is 0 Å². The molecule has 0 saturated carbocycles. The number of imidazole rings is 1. The third-order valence-corrected chi connectivity index (χ3v) is 3.58. The first-order chi connectivity index (χ1) is 6.72. The fourth-order valence-electron chi connectivity index (χ4n) is 1.71. The standard InChI is InChI=1S/C9H12IN3O/c1-2-9(14)8-3-6-7(4-13(8)10)12-5-11-6/h5,8H,2-4H2,1H3,(H,11,12)/t8-/m0/s1. The van der Waals surface area contributed by atoms with E-state index in [4.69, 9.17) is 0 Å². The molecule has 0 radical (unpaired) electrons. The first-order valence-corrected chi connectivity index (χ1v) is 5.65. The summed E-state index contributed by atoms with van der Waals surface area (Å²) >= 11 is 2.22. The molecule has 1 atom stereocenters. The lowest BCUT2D eigenvalue weighted by Gasteiger charge is -2.28. The van der Waals surface area contributed by atoms with Crippen LogP contribution in [-0.2, 0) is 17.8 Å². The minimum absolute atomic E-state index is 0.0106. The van der Waals surface area contributed by atoms with Crippen molar-refractivity contribution in [2.45, 2.75) is 32.4 Å². The molecule has 0 aromatic carbocycles. The average molecular weight is 305 g/mol. The van der Waals surface area contributed by atoms with E-state index in [2.05, 4.69) is 35.9 Å². The zero-order chi connectivity index (χ0) is 10.1. The van der Waals surface area contributed by atoms with Gasteiger partial charge in [-0.3, -0.25) is 4.79 Å². The highest BCUT2D eigenvalue weighted by Gasteiger charge is 2.30.